The van der Waals surface area contributed by atoms with Gasteiger partial charge in [-0.1, -0.05) is 6.08 Å². The molecule has 0 aromatic rings. The van der Waals surface area contributed by atoms with Gasteiger partial charge in [-0.25, -0.2) is 4.79 Å². The molecule has 0 unspecified atom stereocenters. The molecule has 0 saturated heterocycles. The highest BCUT2D eigenvalue weighted by molar-refractivity contribution is 5.69. The van der Waals surface area contributed by atoms with E-state index in [1.807, 2.05) is 6.07 Å². The molecule has 0 fully saturated rings. The highest BCUT2D eigenvalue weighted by Gasteiger charge is 2.27. The fourth-order valence-corrected chi connectivity index (χ4v) is 0.942. The van der Waals surface area contributed by atoms with Gasteiger partial charge in [0.05, 0.1) is 6.07 Å². The van der Waals surface area contributed by atoms with E-state index in [4.69, 9.17) is 10.00 Å². The summed E-state index contributed by atoms with van der Waals surface area (Å²) < 4.78 is 5.05. The quantitative estimate of drug-likeness (QED) is 0.727. The Bertz CT molecular complexity index is 286. The van der Waals surface area contributed by atoms with Crippen LogP contribution in [0.4, 0.5) is 4.79 Å². The molecule has 0 aliphatic rings. The molecule has 1 atom stereocenters. The summed E-state index contributed by atoms with van der Waals surface area (Å²) in [5.74, 6) is 0. The van der Waals surface area contributed by atoms with E-state index < -0.39 is 17.2 Å². The van der Waals surface area contributed by atoms with Gasteiger partial charge in [-0.2, -0.15) is 5.26 Å². The van der Waals surface area contributed by atoms with Gasteiger partial charge in [0, 0.05) is 6.42 Å². The molecule has 4 heteroatoms. The Morgan fingerprint density at radius 2 is 2.07 bits per heavy atom. The second-order valence-electron chi connectivity index (χ2n) is 4.56. The number of carbonyl (C=O) groups is 1. The maximum atomic E-state index is 11.4. The smallest absolute Gasteiger partial charge is 0.408 e. The Balaban J connectivity index is 4.39. The largest absolute Gasteiger partial charge is 0.444 e. The number of hydrogen-bond acceptors (Lipinski definition) is 3. The Morgan fingerprint density at radius 1 is 1.53 bits per heavy atom. The molecule has 0 aromatic carbocycles. The molecule has 0 aliphatic heterocycles. The first kappa shape index (κ1) is 13.5. The lowest BCUT2D eigenvalue weighted by molar-refractivity contribution is 0.0488. The van der Waals surface area contributed by atoms with Crippen molar-refractivity contribution < 1.29 is 9.53 Å². The van der Waals surface area contributed by atoms with Gasteiger partial charge in [-0.3, -0.25) is 0 Å². The normalized spacial score (nSPS) is 14.6. The molecule has 0 radical (unpaired) electrons. The lowest BCUT2D eigenvalue weighted by atomic mass is 10.0. The van der Waals surface area contributed by atoms with Crippen LogP contribution >= 0.6 is 0 Å². The second kappa shape index (κ2) is 4.83. The van der Waals surface area contributed by atoms with Crippen molar-refractivity contribution in [3.63, 3.8) is 0 Å². The molecule has 0 aromatic heterocycles. The van der Waals surface area contributed by atoms with E-state index in [0.29, 0.717) is 6.42 Å². The number of carbonyl (C=O) groups excluding carboxylic acids is 1. The first-order valence-corrected chi connectivity index (χ1v) is 4.76. The van der Waals surface area contributed by atoms with Crippen LogP contribution in [0.2, 0.25) is 0 Å². The number of amides is 1. The van der Waals surface area contributed by atoms with Crippen molar-refractivity contribution in [1.82, 2.24) is 5.32 Å². The molecule has 0 rings (SSSR count). The van der Waals surface area contributed by atoms with Crippen molar-refractivity contribution in [2.45, 2.75) is 45.3 Å². The second-order valence-corrected chi connectivity index (χ2v) is 4.56. The summed E-state index contributed by atoms with van der Waals surface area (Å²) in [4.78, 5) is 11.4. The van der Waals surface area contributed by atoms with Gasteiger partial charge in [0.15, 0.2) is 0 Å². The maximum Gasteiger partial charge on any atom is 0.408 e. The molecule has 0 bridgehead atoms. The number of rotatable bonds is 3. The van der Waals surface area contributed by atoms with E-state index in [0.717, 1.165) is 0 Å². The van der Waals surface area contributed by atoms with Crippen LogP contribution in [0.5, 0.6) is 0 Å². The molecule has 0 spiro atoms. The molecule has 0 saturated carbocycles. The summed E-state index contributed by atoms with van der Waals surface area (Å²) in [6.07, 6.45) is 1.37. The van der Waals surface area contributed by atoms with Gasteiger partial charge in [0.2, 0.25) is 0 Å². The Labute approximate surface area is 90.9 Å². The molecule has 1 N–H and O–H groups in total. The minimum atomic E-state index is -0.954. The van der Waals surface area contributed by atoms with Crippen LogP contribution in [0.25, 0.3) is 0 Å². The third kappa shape index (κ3) is 5.74. The maximum absolute atomic E-state index is 11.4. The summed E-state index contributed by atoms with van der Waals surface area (Å²) in [6.45, 7) is 10.5. The number of nitriles is 1. The first-order chi connectivity index (χ1) is 6.72. The van der Waals surface area contributed by atoms with Crippen molar-refractivity contribution in [1.29, 1.82) is 5.26 Å². The zero-order chi connectivity index (χ0) is 12.1. The lowest BCUT2D eigenvalue weighted by Crippen LogP contribution is -2.46. The molecular weight excluding hydrogens is 192 g/mol. The standard InChI is InChI=1S/C11H18N2O2/c1-6-7-11(5,8-12)13-9(14)15-10(2,3)4/h6H,1,7H2,2-5H3,(H,13,14)/t11-/m1/s1. The van der Waals surface area contributed by atoms with E-state index in [-0.39, 0.29) is 0 Å². The highest BCUT2D eigenvalue weighted by atomic mass is 16.6. The van der Waals surface area contributed by atoms with Gasteiger partial charge in [-0.15, -0.1) is 6.58 Å². The van der Waals surface area contributed by atoms with Crippen LogP contribution in [0.1, 0.15) is 34.1 Å². The van der Waals surface area contributed by atoms with E-state index in [1.165, 1.54) is 0 Å². The van der Waals surface area contributed by atoms with Crippen LogP contribution < -0.4 is 5.32 Å². The van der Waals surface area contributed by atoms with Crippen molar-refractivity contribution in [3.05, 3.63) is 12.7 Å². The van der Waals surface area contributed by atoms with Crippen molar-refractivity contribution in [2.75, 3.05) is 0 Å². The van der Waals surface area contributed by atoms with E-state index in [2.05, 4.69) is 11.9 Å². The number of ether oxygens (including phenoxy) is 1. The Hall–Kier alpha value is -1.50. The molecule has 0 aliphatic carbocycles. The predicted octanol–water partition coefficient (Wildman–Crippen LogP) is 2.37. The Morgan fingerprint density at radius 3 is 2.40 bits per heavy atom. The number of nitrogens with zero attached hydrogens (tertiary/aromatic N) is 1. The first-order valence-electron chi connectivity index (χ1n) is 4.76. The fourth-order valence-electron chi connectivity index (χ4n) is 0.942. The SMILES string of the molecule is C=CC[C@](C)(C#N)NC(=O)OC(C)(C)C. The molecule has 15 heavy (non-hydrogen) atoms. The highest BCUT2D eigenvalue weighted by Crippen LogP contribution is 2.12. The van der Waals surface area contributed by atoms with Crippen LogP contribution in [-0.2, 0) is 4.74 Å². The lowest BCUT2D eigenvalue weighted by Gasteiger charge is -2.25. The monoisotopic (exact) mass is 210 g/mol. The fraction of sp³-hybridized carbons (Fsp3) is 0.636. The van der Waals surface area contributed by atoms with Crippen LogP contribution in [0.3, 0.4) is 0 Å². The third-order valence-corrected chi connectivity index (χ3v) is 1.58. The minimum absolute atomic E-state index is 0.378. The molecule has 84 valence electrons. The molecule has 0 heterocycles. The summed E-state index contributed by atoms with van der Waals surface area (Å²) >= 11 is 0. The van der Waals surface area contributed by atoms with Crippen molar-refractivity contribution >= 4 is 6.09 Å². The number of alkyl carbamates (subject to hydrolysis) is 1. The topological polar surface area (TPSA) is 62.1 Å². The summed E-state index contributed by atoms with van der Waals surface area (Å²) in [7, 11) is 0. The zero-order valence-electron chi connectivity index (χ0n) is 9.76. The van der Waals surface area contributed by atoms with Crippen LogP contribution in [0.15, 0.2) is 12.7 Å². The summed E-state index contributed by atoms with van der Waals surface area (Å²) in [6, 6.07) is 2.01. The third-order valence-electron chi connectivity index (χ3n) is 1.58. The molecule has 4 nitrogen and oxygen atoms in total. The van der Waals surface area contributed by atoms with Crippen LogP contribution in [-0.4, -0.2) is 17.2 Å². The van der Waals surface area contributed by atoms with Crippen molar-refractivity contribution in [2.24, 2.45) is 0 Å². The predicted molar refractivity (Wildman–Crippen MR) is 58.2 cm³/mol. The van der Waals surface area contributed by atoms with Gasteiger partial charge < -0.3 is 10.1 Å². The average Bonchev–Trinajstić information content (AvgIpc) is 2.00. The van der Waals surface area contributed by atoms with Gasteiger partial charge in [0.25, 0.3) is 0 Å². The van der Waals surface area contributed by atoms with E-state index in [1.54, 1.807) is 33.8 Å². The molecular formula is C11H18N2O2. The van der Waals surface area contributed by atoms with E-state index in [9.17, 15) is 4.79 Å². The van der Waals surface area contributed by atoms with Crippen LogP contribution in [0, 0.1) is 11.3 Å². The molecule has 1 amide bonds. The van der Waals surface area contributed by atoms with Gasteiger partial charge in [0.1, 0.15) is 11.1 Å². The number of hydrogen-bond donors (Lipinski definition) is 1. The average molecular weight is 210 g/mol. The van der Waals surface area contributed by atoms with Crippen molar-refractivity contribution in [3.8, 4) is 6.07 Å². The summed E-state index contributed by atoms with van der Waals surface area (Å²) in [5.41, 5.74) is -1.52. The van der Waals surface area contributed by atoms with E-state index >= 15 is 0 Å². The summed E-state index contributed by atoms with van der Waals surface area (Å²) in [5, 5.41) is 11.4. The van der Waals surface area contributed by atoms with Gasteiger partial charge in [-0.05, 0) is 27.7 Å². The Kier molecular flexibility index (Phi) is 4.35. The zero-order valence-corrected chi connectivity index (χ0v) is 9.76. The number of nitrogens with one attached hydrogen (secondary N) is 1. The minimum Gasteiger partial charge on any atom is -0.444 e. The van der Waals surface area contributed by atoms with Gasteiger partial charge >= 0.3 is 6.09 Å².